The predicted octanol–water partition coefficient (Wildman–Crippen LogP) is 4.07. The lowest BCUT2D eigenvalue weighted by Crippen LogP contribution is -2.05. The van der Waals surface area contributed by atoms with Crippen molar-refractivity contribution in [2.24, 2.45) is 5.16 Å². The highest BCUT2D eigenvalue weighted by Crippen LogP contribution is 2.19. The van der Waals surface area contributed by atoms with Gasteiger partial charge in [-0.25, -0.2) is 4.68 Å². The summed E-state index contributed by atoms with van der Waals surface area (Å²) in [5.74, 6) is 0. The van der Waals surface area contributed by atoms with E-state index in [1.807, 2.05) is 72.3 Å². The molecule has 110 valence electrons. The van der Waals surface area contributed by atoms with Gasteiger partial charge in [0.15, 0.2) is 0 Å². The Labute approximate surface area is 133 Å². The summed E-state index contributed by atoms with van der Waals surface area (Å²) >= 11 is 5.58. The van der Waals surface area contributed by atoms with Crippen LogP contribution in [-0.4, -0.2) is 20.7 Å². The summed E-state index contributed by atoms with van der Waals surface area (Å²) in [7, 11) is 0. The Morgan fingerprint density at radius 1 is 1.05 bits per heavy atom. The Balaban J connectivity index is 2.17. The lowest BCUT2D eigenvalue weighted by Gasteiger charge is -2.03. The number of H-pyrrole nitrogens is 1. The normalized spacial score (nSPS) is 11.6. The van der Waals surface area contributed by atoms with E-state index in [4.69, 9.17) is 12.2 Å². The van der Waals surface area contributed by atoms with Crippen LogP contribution in [0.1, 0.15) is 16.8 Å². The zero-order chi connectivity index (χ0) is 15.5. The van der Waals surface area contributed by atoms with Crippen LogP contribution in [0.15, 0.2) is 65.8 Å². The number of rotatable bonds is 3. The Morgan fingerprint density at radius 3 is 2.23 bits per heavy atom. The molecule has 0 saturated carbocycles. The van der Waals surface area contributed by atoms with Gasteiger partial charge < -0.3 is 5.21 Å². The van der Waals surface area contributed by atoms with E-state index in [2.05, 4.69) is 10.3 Å². The van der Waals surface area contributed by atoms with Gasteiger partial charge in [0.2, 0.25) is 0 Å². The lowest BCUT2D eigenvalue weighted by molar-refractivity contribution is 0.319. The van der Waals surface area contributed by atoms with Crippen molar-refractivity contribution in [3.63, 3.8) is 0 Å². The molecule has 3 aromatic rings. The average molecular weight is 309 g/mol. The van der Waals surface area contributed by atoms with Gasteiger partial charge in [0.1, 0.15) is 10.4 Å². The standard InChI is InChI=1S/C17H15N3OS/c1-12-15(16(19-21)13-8-4-2-5-9-13)17(22)20(18-12)14-10-6-3-7-11-14/h2-11,18,21H,1H3. The molecular formula is C17H15N3OS. The molecule has 0 amide bonds. The molecule has 3 rings (SSSR count). The summed E-state index contributed by atoms with van der Waals surface area (Å²) in [6.45, 7) is 1.92. The summed E-state index contributed by atoms with van der Waals surface area (Å²) in [5, 5.41) is 16.2. The Kier molecular flexibility index (Phi) is 3.89. The van der Waals surface area contributed by atoms with Gasteiger partial charge in [0.25, 0.3) is 0 Å². The maximum Gasteiger partial charge on any atom is 0.137 e. The molecule has 0 atom stereocenters. The first-order valence-electron chi connectivity index (χ1n) is 6.87. The quantitative estimate of drug-likeness (QED) is 0.332. The highest BCUT2D eigenvalue weighted by molar-refractivity contribution is 7.71. The van der Waals surface area contributed by atoms with E-state index < -0.39 is 0 Å². The van der Waals surface area contributed by atoms with E-state index >= 15 is 0 Å². The van der Waals surface area contributed by atoms with Gasteiger partial charge in [0.05, 0.1) is 11.3 Å². The summed E-state index contributed by atoms with van der Waals surface area (Å²) in [6.07, 6.45) is 0. The number of para-hydroxylation sites is 1. The molecule has 0 bridgehead atoms. The zero-order valence-electron chi connectivity index (χ0n) is 12.0. The third-order valence-electron chi connectivity index (χ3n) is 3.47. The minimum atomic E-state index is 0.467. The topological polar surface area (TPSA) is 53.3 Å². The predicted molar refractivity (Wildman–Crippen MR) is 89.6 cm³/mol. The van der Waals surface area contributed by atoms with E-state index in [0.29, 0.717) is 10.4 Å². The van der Waals surface area contributed by atoms with Gasteiger partial charge in [-0.2, -0.15) is 0 Å². The second-order valence-corrected chi connectivity index (χ2v) is 5.29. The number of aromatic nitrogens is 2. The molecule has 0 unspecified atom stereocenters. The van der Waals surface area contributed by atoms with Crippen LogP contribution in [0.4, 0.5) is 0 Å². The fraction of sp³-hybridized carbons (Fsp3) is 0.0588. The van der Waals surface area contributed by atoms with Gasteiger partial charge in [-0.15, -0.1) is 0 Å². The van der Waals surface area contributed by atoms with Crippen LogP contribution in [0.3, 0.4) is 0 Å². The van der Waals surface area contributed by atoms with Gasteiger partial charge in [-0.3, -0.25) is 5.10 Å². The van der Waals surface area contributed by atoms with E-state index in [9.17, 15) is 5.21 Å². The average Bonchev–Trinajstić information content (AvgIpc) is 2.86. The fourth-order valence-electron chi connectivity index (χ4n) is 2.43. The second-order valence-electron chi connectivity index (χ2n) is 4.90. The smallest absolute Gasteiger partial charge is 0.137 e. The zero-order valence-corrected chi connectivity index (χ0v) is 12.8. The van der Waals surface area contributed by atoms with Crippen molar-refractivity contribution in [2.45, 2.75) is 6.92 Å². The van der Waals surface area contributed by atoms with E-state index in [-0.39, 0.29) is 0 Å². The van der Waals surface area contributed by atoms with Crippen LogP contribution >= 0.6 is 12.2 Å². The van der Waals surface area contributed by atoms with Gasteiger partial charge >= 0.3 is 0 Å². The number of nitrogens with one attached hydrogen (secondary N) is 1. The van der Waals surface area contributed by atoms with Crippen LogP contribution < -0.4 is 0 Å². The molecule has 0 aliphatic heterocycles. The molecule has 22 heavy (non-hydrogen) atoms. The summed E-state index contributed by atoms with van der Waals surface area (Å²) in [6, 6.07) is 19.3. The number of aromatic amines is 1. The molecule has 4 nitrogen and oxygen atoms in total. The van der Waals surface area contributed by atoms with E-state index in [0.717, 1.165) is 22.5 Å². The third-order valence-corrected chi connectivity index (χ3v) is 3.86. The fourth-order valence-corrected chi connectivity index (χ4v) is 2.83. The molecule has 0 spiro atoms. The molecule has 0 aliphatic rings. The van der Waals surface area contributed by atoms with Crippen molar-refractivity contribution < 1.29 is 5.21 Å². The highest BCUT2D eigenvalue weighted by atomic mass is 32.1. The lowest BCUT2D eigenvalue weighted by atomic mass is 10.0. The maximum absolute atomic E-state index is 9.48. The van der Waals surface area contributed by atoms with Crippen molar-refractivity contribution in [3.05, 3.63) is 82.1 Å². The first-order chi connectivity index (χ1) is 10.7. The molecule has 0 saturated heterocycles. The molecule has 0 aliphatic carbocycles. The summed E-state index contributed by atoms with van der Waals surface area (Å²) < 4.78 is 2.40. The molecule has 2 N–H and O–H groups in total. The second kappa shape index (κ2) is 5.99. The first kappa shape index (κ1) is 14.3. The van der Waals surface area contributed by atoms with Crippen molar-refractivity contribution in [1.82, 2.24) is 9.78 Å². The van der Waals surface area contributed by atoms with Gasteiger partial charge in [0, 0.05) is 11.3 Å². The van der Waals surface area contributed by atoms with Crippen LogP contribution in [-0.2, 0) is 0 Å². The van der Waals surface area contributed by atoms with Gasteiger partial charge in [-0.05, 0) is 19.1 Å². The van der Waals surface area contributed by atoms with Gasteiger partial charge in [-0.1, -0.05) is 65.9 Å². The van der Waals surface area contributed by atoms with Crippen molar-refractivity contribution >= 4 is 17.9 Å². The van der Waals surface area contributed by atoms with Crippen molar-refractivity contribution in [2.75, 3.05) is 0 Å². The number of aryl methyl sites for hydroxylation is 1. The van der Waals surface area contributed by atoms with Crippen molar-refractivity contribution in [1.29, 1.82) is 0 Å². The summed E-state index contributed by atoms with van der Waals surface area (Å²) in [5.41, 5.74) is 3.80. The third kappa shape index (κ3) is 2.46. The number of hydrogen-bond acceptors (Lipinski definition) is 3. The van der Waals surface area contributed by atoms with E-state index in [1.165, 1.54) is 0 Å². The number of oxime groups is 1. The minimum absolute atomic E-state index is 0.467. The number of nitrogens with zero attached hydrogens (tertiary/aromatic N) is 2. The number of benzene rings is 2. The Hall–Kier alpha value is -2.66. The monoisotopic (exact) mass is 309 g/mol. The first-order valence-corrected chi connectivity index (χ1v) is 7.28. The molecule has 0 radical (unpaired) electrons. The molecule has 1 aromatic heterocycles. The molecular weight excluding hydrogens is 294 g/mol. The minimum Gasteiger partial charge on any atom is -0.410 e. The van der Waals surface area contributed by atoms with Crippen LogP contribution in [0.5, 0.6) is 0 Å². The maximum atomic E-state index is 9.48. The summed E-state index contributed by atoms with van der Waals surface area (Å²) in [4.78, 5) is 0. The SMILES string of the molecule is Cc1[nH]n(-c2ccccc2)c(=S)c1C(=NO)c1ccccc1. The largest absolute Gasteiger partial charge is 0.410 e. The highest BCUT2D eigenvalue weighted by Gasteiger charge is 2.17. The van der Waals surface area contributed by atoms with Crippen LogP contribution in [0.2, 0.25) is 0 Å². The molecule has 0 fully saturated rings. The van der Waals surface area contributed by atoms with Crippen LogP contribution in [0, 0.1) is 11.6 Å². The molecule has 5 heteroatoms. The molecule has 1 heterocycles. The molecule has 2 aromatic carbocycles. The van der Waals surface area contributed by atoms with Crippen LogP contribution in [0.25, 0.3) is 5.69 Å². The Bertz CT molecular complexity index is 864. The van der Waals surface area contributed by atoms with E-state index in [1.54, 1.807) is 0 Å². The Morgan fingerprint density at radius 2 is 1.64 bits per heavy atom. The number of hydrogen-bond donors (Lipinski definition) is 2. The van der Waals surface area contributed by atoms with Crippen molar-refractivity contribution in [3.8, 4) is 5.69 Å².